The Labute approximate surface area is 82.7 Å². The van der Waals surface area contributed by atoms with Crippen LogP contribution in [-0.4, -0.2) is 18.4 Å². The van der Waals surface area contributed by atoms with Gasteiger partial charge in [-0.25, -0.2) is 0 Å². The zero-order valence-corrected chi connectivity index (χ0v) is 7.97. The Morgan fingerprint density at radius 1 is 1.23 bits per heavy atom. The van der Waals surface area contributed by atoms with Crippen molar-refractivity contribution in [1.29, 1.82) is 0 Å². The number of nitrogens with zero attached hydrogens (tertiary/aromatic N) is 1. The fourth-order valence-electron chi connectivity index (χ4n) is 1.29. The highest BCUT2D eigenvalue weighted by Crippen LogP contribution is 2.13. The van der Waals surface area contributed by atoms with Crippen molar-refractivity contribution >= 4 is 23.0 Å². The molecule has 1 heterocycles. The molecule has 3 nitrogen and oxygen atoms in total. The third-order valence-corrected chi connectivity index (χ3v) is 2.31. The average molecular weight is 193 g/mol. The molecule has 1 saturated heterocycles. The van der Waals surface area contributed by atoms with Gasteiger partial charge >= 0.3 is 0 Å². The van der Waals surface area contributed by atoms with Crippen LogP contribution in [0.15, 0.2) is 30.3 Å². The molecule has 1 aromatic rings. The number of hydrogen-bond acceptors (Lipinski definition) is 2. The molecule has 2 rings (SSSR count). The summed E-state index contributed by atoms with van der Waals surface area (Å²) in [6, 6.07) is 10.1. The van der Waals surface area contributed by atoms with Gasteiger partial charge in [0.15, 0.2) is 5.11 Å². The highest BCUT2D eigenvalue weighted by Gasteiger charge is 2.14. The largest absolute Gasteiger partial charge is 0.350 e. The quantitative estimate of drug-likeness (QED) is 0.648. The lowest BCUT2D eigenvalue weighted by molar-refractivity contribution is 0.631. The first-order chi connectivity index (χ1) is 6.38. The van der Waals surface area contributed by atoms with Gasteiger partial charge in [0.25, 0.3) is 0 Å². The minimum atomic E-state index is 0.752. The standard InChI is InChI=1S/C9H11N3S/c13-9-11-6-10-7-12(9)8-4-2-1-3-5-8/h1-5,10H,6-7H2,(H,11,13). The van der Waals surface area contributed by atoms with E-state index in [9.17, 15) is 0 Å². The second-order valence-electron chi connectivity index (χ2n) is 2.83. The number of thiocarbonyl (C=S) groups is 1. The van der Waals surface area contributed by atoms with E-state index < -0.39 is 0 Å². The van der Waals surface area contributed by atoms with Gasteiger partial charge in [-0.05, 0) is 24.4 Å². The molecule has 1 aliphatic heterocycles. The van der Waals surface area contributed by atoms with Crippen LogP contribution in [0, 0.1) is 0 Å². The van der Waals surface area contributed by atoms with Crippen LogP contribution in [0.4, 0.5) is 5.69 Å². The highest BCUT2D eigenvalue weighted by molar-refractivity contribution is 7.80. The second-order valence-corrected chi connectivity index (χ2v) is 3.22. The number of rotatable bonds is 1. The third-order valence-electron chi connectivity index (χ3n) is 1.95. The maximum absolute atomic E-state index is 5.18. The Bertz CT molecular complexity index is 299. The average Bonchev–Trinajstić information content (AvgIpc) is 2.20. The first-order valence-electron chi connectivity index (χ1n) is 4.19. The summed E-state index contributed by atoms with van der Waals surface area (Å²) in [5.41, 5.74) is 1.12. The number of para-hydroxylation sites is 1. The van der Waals surface area contributed by atoms with Crippen LogP contribution in [-0.2, 0) is 0 Å². The topological polar surface area (TPSA) is 27.3 Å². The number of nitrogens with one attached hydrogen (secondary N) is 2. The molecule has 0 amide bonds. The molecule has 13 heavy (non-hydrogen) atoms. The number of anilines is 1. The minimum absolute atomic E-state index is 0.752. The molecular weight excluding hydrogens is 182 g/mol. The van der Waals surface area contributed by atoms with Gasteiger partial charge in [0.1, 0.15) is 0 Å². The van der Waals surface area contributed by atoms with Gasteiger partial charge < -0.3 is 10.2 Å². The maximum atomic E-state index is 5.18. The predicted molar refractivity (Wildman–Crippen MR) is 57.5 cm³/mol. The molecule has 0 spiro atoms. The summed E-state index contributed by atoms with van der Waals surface area (Å²) in [5, 5.41) is 7.05. The lowest BCUT2D eigenvalue weighted by Gasteiger charge is -2.30. The minimum Gasteiger partial charge on any atom is -0.350 e. The highest BCUT2D eigenvalue weighted by atomic mass is 32.1. The van der Waals surface area contributed by atoms with Crippen molar-refractivity contribution in [2.24, 2.45) is 0 Å². The molecule has 0 unspecified atom stereocenters. The molecule has 1 aliphatic rings. The monoisotopic (exact) mass is 193 g/mol. The summed E-state index contributed by atoms with van der Waals surface area (Å²) in [6.07, 6.45) is 0. The fraction of sp³-hybridized carbons (Fsp3) is 0.222. The van der Waals surface area contributed by atoms with Gasteiger partial charge in [0.05, 0.1) is 13.3 Å². The summed E-state index contributed by atoms with van der Waals surface area (Å²) in [6.45, 7) is 1.53. The molecule has 1 aromatic carbocycles. The molecule has 0 bridgehead atoms. The first-order valence-corrected chi connectivity index (χ1v) is 4.60. The molecule has 0 aromatic heterocycles. The summed E-state index contributed by atoms with van der Waals surface area (Å²) >= 11 is 5.18. The maximum Gasteiger partial charge on any atom is 0.175 e. The van der Waals surface area contributed by atoms with E-state index >= 15 is 0 Å². The second kappa shape index (κ2) is 3.72. The summed E-state index contributed by atoms with van der Waals surface area (Å²) in [7, 11) is 0. The van der Waals surface area contributed by atoms with Crippen molar-refractivity contribution in [3.63, 3.8) is 0 Å². The summed E-state index contributed by atoms with van der Waals surface area (Å²) in [5.74, 6) is 0. The van der Waals surface area contributed by atoms with Crippen molar-refractivity contribution in [3.05, 3.63) is 30.3 Å². The molecular formula is C9H11N3S. The van der Waals surface area contributed by atoms with Crippen molar-refractivity contribution in [1.82, 2.24) is 10.6 Å². The van der Waals surface area contributed by atoms with E-state index in [0.29, 0.717) is 0 Å². The molecule has 0 aliphatic carbocycles. The zero-order valence-electron chi connectivity index (χ0n) is 7.16. The predicted octanol–water partition coefficient (Wildman–Crippen LogP) is 0.886. The molecule has 1 fully saturated rings. The van der Waals surface area contributed by atoms with Crippen molar-refractivity contribution < 1.29 is 0 Å². The normalized spacial score (nSPS) is 16.9. The number of hydrogen-bond donors (Lipinski definition) is 2. The van der Waals surface area contributed by atoms with Crippen molar-refractivity contribution in [3.8, 4) is 0 Å². The lowest BCUT2D eigenvalue weighted by Crippen LogP contribution is -2.54. The van der Waals surface area contributed by atoms with E-state index in [-0.39, 0.29) is 0 Å². The SMILES string of the molecule is S=C1NCNCN1c1ccccc1. The van der Waals surface area contributed by atoms with E-state index in [1.165, 1.54) is 0 Å². The van der Waals surface area contributed by atoms with Crippen LogP contribution in [0.1, 0.15) is 0 Å². The van der Waals surface area contributed by atoms with Crippen LogP contribution >= 0.6 is 12.2 Å². The summed E-state index contributed by atoms with van der Waals surface area (Å²) < 4.78 is 0. The van der Waals surface area contributed by atoms with E-state index in [4.69, 9.17) is 12.2 Å². The van der Waals surface area contributed by atoms with Crippen LogP contribution in [0.25, 0.3) is 0 Å². The van der Waals surface area contributed by atoms with E-state index in [1.807, 2.05) is 35.2 Å². The van der Waals surface area contributed by atoms with Gasteiger partial charge in [-0.2, -0.15) is 0 Å². The van der Waals surface area contributed by atoms with Gasteiger partial charge in [-0.3, -0.25) is 5.32 Å². The van der Waals surface area contributed by atoms with Gasteiger partial charge in [-0.15, -0.1) is 0 Å². The molecule has 0 radical (unpaired) electrons. The van der Waals surface area contributed by atoms with Crippen molar-refractivity contribution in [2.75, 3.05) is 18.2 Å². The van der Waals surface area contributed by atoms with Crippen LogP contribution < -0.4 is 15.5 Å². The Kier molecular flexibility index (Phi) is 2.42. The lowest BCUT2D eigenvalue weighted by atomic mass is 10.3. The fourth-order valence-corrected chi connectivity index (χ4v) is 1.53. The van der Waals surface area contributed by atoms with E-state index in [2.05, 4.69) is 10.6 Å². The van der Waals surface area contributed by atoms with Crippen LogP contribution in [0.5, 0.6) is 0 Å². The zero-order chi connectivity index (χ0) is 9.10. The van der Waals surface area contributed by atoms with E-state index in [1.54, 1.807) is 0 Å². The van der Waals surface area contributed by atoms with Crippen LogP contribution in [0.3, 0.4) is 0 Å². The molecule has 68 valence electrons. The Morgan fingerprint density at radius 2 is 2.00 bits per heavy atom. The van der Waals surface area contributed by atoms with Gasteiger partial charge in [-0.1, -0.05) is 18.2 Å². The Morgan fingerprint density at radius 3 is 2.69 bits per heavy atom. The Balaban J connectivity index is 2.20. The first kappa shape index (κ1) is 8.47. The third kappa shape index (κ3) is 1.79. The number of benzene rings is 1. The van der Waals surface area contributed by atoms with Crippen LogP contribution in [0.2, 0.25) is 0 Å². The molecule has 4 heteroatoms. The molecule has 0 atom stereocenters. The molecule has 2 N–H and O–H groups in total. The van der Waals surface area contributed by atoms with Gasteiger partial charge in [0, 0.05) is 5.69 Å². The smallest absolute Gasteiger partial charge is 0.175 e. The van der Waals surface area contributed by atoms with Crippen molar-refractivity contribution in [2.45, 2.75) is 0 Å². The molecule has 0 saturated carbocycles. The van der Waals surface area contributed by atoms with Gasteiger partial charge in [0.2, 0.25) is 0 Å². The Hall–Kier alpha value is -1.13. The van der Waals surface area contributed by atoms with E-state index in [0.717, 1.165) is 24.1 Å². The summed E-state index contributed by atoms with van der Waals surface area (Å²) in [4.78, 5) is 2.03.